The van der Waals surface area contributed by atoms with Crippen molar-refractivity contribution < 1.29 is 15.0 Å². The van der Waals surface area contributed by atoms with E-state index in [4.69, 9.17) is 0 Å². The van der Waals surface area contributed by atoms with Crippen LogP contribution in [0.4, 0.5) is 0 Å². The van der Waals surface area contributed by atoms with E-state index in [9.17, 15) is 15.0 Å². The Kier molecular flexibility index (Phi) is 71.1. The molecule has 0 heterocycles. The quantitative estimate of drug-likeness (QED) is 0.0532. The van der Waals surface area contributed by atoms with Crippen molar-refractivity contribution in [2.24, 2.45) is 0 Å². The second-order valence-corrected chi connectivity index (χ2v) is 26.4. The van der Waals surface area contributed by atoms with Gasteiger partial charge in [-0.15, -0.1) is 0 Å². The van der Waals surface area contributed by atoms with Crippen LogP contribution in [0, 0.1) is 0 Å². The van der Waals surface area contributed by atoms with Crippen LogP contribution in [0.15, 0.2) is 0 Å². The van der Waals surface area contributed by atoms with Gasteiger partial charge in [0.05, 0.1) is 18.8 Å². The van der Waals surface area contributed by atoms with E-state index in [-0.39, 0.29) is 12.5 Å². The molecular weight excluding hydrogens is 963 g/mol. The van der Waals surface area contributed by atoms with E-state index in [1.54, 1.807) is 0 Å². The summed E-state index contributed by atoms with van der Waals surface area (Å²) in [6, 6.07) is -0.533. The molecule has 79 heavy (non-hydrogen) atoms. The Labute approximate surface area is 499 Å². The zero-order valence-corrected chi connectivity index (χ0v) is 55.0. The van der Waals surface area contributed by atoms with Crippen molar-refractivity contribution in [3.05, 3.63) is 0 Å². The lowest BCUT2D eigenvalue weighted by atomic mass is 10.0. The molecule has 2 atom stereocenters. The van der Waals surface area contributed by atoms with Crippen LogP contribution in [-0.2, 0) is 4.79 Å². The minimum Gasteiger partial charge on any atom is -0.394 e. The van der Waals surface area contributed by atoms with E-state index in [1.807, 2.05) is 0 Å². The van der Waals surface area contributed by atoms with Gasteiger partial charge in [-0.1, -0.05) is 438 Å². The Balaban J connectivity index is 3.34. The fraction of sp³-hybridized carbons (Fsp3) is 0.987. The first-order valence-electron chi connectivity index (χ1n) is 37.7. The summed E-state index contributed by atoms with van der Waals surface area (Å²) in [6.45, 7) is 4.43. The van der Waals surface area contributed by atoms with Crippen LogP contribution in [0.1, 0.15) is 457 Å². The number of rotatable bonds is 72. The summed E-state index contributed by atoms with van der Waals surface area (Å²) in [7, 11) is 0. The molecule has 474 valence electrons. The van der Waals surface area contributed by atoms with Gasteiger partial charge in [-0.25, -0.2) is 0 Å². The highest BCUT2D eigenvalue weighted by Gasteiger charge is 2.20. The number of aliphatic hydroxyl groups excluding tert-OH is 2. The van der Waals surface area contributed by atoms with E-state index in [1.165, 1.54) is 405 Å². The fourth-order valence-electron chi connectivity index (χ4n) is 12.7. The number of hydrogen-bond donors (Lipinski definition) is 3. The van der Waals surface area contributed by atoms with Crippen molar-refractivity contribution in [1.82, 2.24) is 5.32 Å². The van der Waals surface area contributed by atoms with Gasteiger partial charge in [0.2, 0.25) is 5.91 Å². The maximum absolute atomic E-state index is 12.6. The maximum Gasteiger partial charge on any atom is 0.220 e. The summed E-state index contributed by atoms with van der Waals surface area (Å²) < 4.78 is 0. The van der Waals surface area contributed by atoms with Gasteiger partial charge in [-0.05, 0) is 12.8 Å². The molecular formula is C75H151NO3. The summed E-state index contributed by atoms with van der Waals surface area (Å²) in [4.78, 5) is 12.6. The molecule has 0 aromatic rings. The van der Waals surface area contributed by atoms with Crippen LogP contribution in [0.3, 0.4) is 0 Å². The second kappa shape index (κ2) is 71.7. The Morgan fingerprint density at radius 3 is 0.570 bits per heavy atom. The van der Waals surface area contributed by atoms with E-state index < -0.39 is 12.1 Å². The van der Waals surface area contributed by atoms with Gasteiger partial charge in [0.1, 0.15) is 0 Å². The molecule has 0 spiro atoms. The van der Waals surface area contributed by atoms with Crippen LogP contribution in [-0.4, -0.2) is 34.9 Å². The lowest BCUT2D eigenvalue weighted by Gasteiger charge is -2.22. The molecule has 0 saturated carbocycles. The largest absolute Gasteiger partial charge is 0.394 e. The predicted octanol–water partition coefficient (Wildman–Crippen LogP) is 25.8. The lowest BCUT2D eigenvalue weighted by molar-refractivity contribution is -0.123. The number of hydrogen-bond acceptors (Lipinski definition) is 3. The highest BCUT2D eigenvalue weighted by molar-refractivity contribution is 5.76. The maximum atomic E-state index is 12.6. The van der Waals surface area contributed by atoms with Crippen molar-refractivity contribution in [3.63, 3.8) is 0 Å². The summed E-state index contributed by atoms with van der Waals surface area (Å²) in [5.74, 6) is -0.0184. The summed E-state index contributed by atoms with van der Waals surface area (Å²) in [6.07, 6.45) is 94.9. The van der Waals surface area contributed by atoms with Gasteiger partial charge in [-0.2, -0.15) is 0 Å². The molecule has 0 fully saturated rings. The van der Waals surface area contributed by atoms with E-state index in [0.717, 1.165) is 25.7 Å². The molecule has 0 aromatic heterocycles. The third-order valence-electron chi connectivity index (χ3n) is 18.4. The number of carbonyl (C=O) groups is 1. The Morgan fingerprint density at radius 1 is 0.253 bits per heavy atom. The minimum atomic E-state index is -0.657. The monoisotopic (exact) mass is 1110 g/mol. The fourth-order valence-corrected chi connectivity index (χ4v) is 12.7. The van der Waals surface area contributed by atoms with E-state index in [0.29, 0.717) is 12.8 Å². The highest BCUT2D eigenvalue weighted by Crippen LogP contribution is 2.21. The van der Waals surface area contributed by atoms with Crippen molar-refractivity contribution >= 4 is 5.91 Å². The molecule has 0 aliphatic rings. The molecule has 0 aliphatic carbocycles. The van der Waals surface area contributed by atoms with Crippen molar-refractivity contribution in [2.45, 2.75) is 469 Å². The zero-order chi connectivity index (χ0) is 56.9. The highest BCUT2D eigenvalue weighted by atomic mass is 16.3. The SMILES string of the molecule is CCCCCCCCCCCCCCCCCCCCCCCCCCCCCCCCCCCCCC(=O)NC(CO)C(O)CCCCCCCCCCCCCCCCCCCCCCCCCCCCCCCCCC. The van der Waals surface area contributed by atoms with Crippen molar-refractivity contribution in [1.29, 1.82) is 0 Å². The standard InChI is InChI=1S/C75H151NO3/c1-3-5-7-9-11-13-15-17-19-21-23-25-27-29-31-33-35-37-38-39-41-43-45-47-49-51-53-55-57-59-61-63-65-67-69-71-75(79)76-73(72-77)74(78)70-68-66-64-62-60-58-56-54-52-50-48-46-44-42-40-36-34-32-30-28-26-24-22-20-18-16-14-12-10-8-6-4-2/h73-74,77-78H,3-72H2,1-2H3,(H,76,79). The molecule has 0 rings (SSSR count). The first kappa shape index (κ1) is 78.4. The van der Waals surface area contributed by atoms with Gasteiger partial charge in [0.25, 0.3) is 0 Å². The minimum absolute atomic E-state index is 0.0184. The molecule has 2 unspecified atom stereocenters. The smallest absolute Gasteiger partial charge is 0.220 e. The number of aliphatic hydroxyl groups is 2. The van der Waals surface area contributed by atoms with Gasteiger partial charge in [-0.3, -0.25) is 4.79 Å². The van der Waals surface area contributed by atoms with Gasteiger partial charge >= 0.3 is 0 Å². The lowest BCUT2D eigenvalue weighted by Crippen LogP contribution is -2.45. The van der Waals surface area contributed by atoms with Crippen molar-refractivity contribution in [2.75, 3.05) is 6.61 Å². The molecule has 4 heteroatoms. The van der Waals surface area contributed by atoms with Crippen LogP contribution in [0.2, 0.25) is 0 Å². The molecule has 3 N–H and O–H groups in total. The number of amides is 1. The third-order valence-corrected chi connectivity index (χ3v) is 18.4. The Bertz CT molecular complexity index is 1080. The predicted molar refractivity (Wildman–Crippen MR) is 355 cm³/mol. The van der Waals surface area contributed by atoms with Crippen LogP contribution in [0.5, 0.6) is 0 Å². The average molecular weight is 1120 g/mol. The molecule has 1 amide bonds. The van der Waals surface area contributed by atoms with Crippen LogP contribution >= 0.6 is 0 Å². The molecule has 0 aliphatic heterocycles. The first-order valence-corrected chi connectivity index (χ1v) is 37.7. The summed E-state index contributed by atoms with van der Waals surface area (Å²) in [5, 5.41) is 23.5. The van der Waals surface area contributed by atoms with Gasteiger partial charge in [0.15, 0.2) is 0 Å². The summed E-state index contributed by atoms with van der Waals surface area (Å²) >= 11 is 0. The number of carbonyl (C=O) groups excluding carboxylic acids is 1. The zero-order valence-electron chi connectivity index (χ0n) is 55.0. The third kappa shape index (κ3) is 68.1. The van der Waals surface area contributed by atoms with Crippen LogP contribution in [0.25, 0.3) is 0 Å². The Morgan fingerprint density at radius 2 is 0.405 bits per heavy atom. The Hall–Kier alpha value is -0.610. The molecule has 0 bridgehead atoms. The molecule has 4 nitrogen and oxygen atoms in total. The first-order chi connectivity index (χ1) is 39.2. The molecule has 0 aromatic carbocycles. The number of unbranched alkanes of at least 4 members (excludes halogenated alkanes) is 65. The summed E-state index contributed by atoms with van der Waals surface area (Å²) in [5.41, 5.74) is 0. The molecule has 0 radical (unpaired) electrons. The second-order valence-electron chi connectivity index (χ2n) is 26.4. The van der Waals surface area contributed by atoms with Crippen LogP contribution < -0.4 is 5.32 Å². The van der Waals surface area contributed by atoms with Crippen molar-refractivity contribution in [3.8, 4) is 0 Å². The molecule has 0 saturated heterocycles. The topological polar surface area (TPSA) is 69.6 Å². The van der Waals surface area contributed by atoms with Gasteiger partial charge in [0, 0.05) is 6.42 Å². The normalized spacial score (nSPS) is 12.5. The van der Waals surface area contributed by atoms with E-state index >= 15 is 0 Å². The average Bonchev–Trinajstić information content (AvgIpc) is 3.45. The van der Waals surface area contributed by atoms with Gasteiger partial charge < -0.3 is 15.5 Å². The number of nitrogens with one attached hydrogen (secondary N) is 1. The van der Waals surface area contributed by atoms with E-state index in [2.05, 4.69) is 19.2 Å².